The summed E-state index contributed by atoms with van der Waals surface area (Å²) in [4.78, 5) is 2.40. The molecule has 19 heavy (non-hydrogen) atoms. The van der Waals surface area contributed by atoms with Gasteiger partial charge < -0.3 is 4.90 Å². The van der Waals surface area contributed by atoms with Gasteiger partial charge in [0.05, 0.1) is 0 Å². The quantitative estimate of drug-likeness (QED) is 0.779. The van der Waals surface area contributed by atoms with Crippen LogP contribution < -0.4 is 4.90 Å². The summed E-state index contributed by atoms with van der Waals surface area (Å²) in [6.07, 6.45) is 8.28. The monoisotopic (exact) mass is 258 g/mol. The zero-order chi connectivity index (χ0) is 12.7. The van der Waals surface area contributed by atoms with Crippen LogP contribution in [0, 0.1) is 5.41 Å². The average molecular weight is 258 g/mol. The van der Waals surface area contributed by atoms with E-state index in [1.165, 1.54) is 43.2 Å². The SMILES string of the molecule is c1cc2nnnn2nc1N1CCC2(CCCCC2)C1. The number of anilines is 1. The molecule has 6 nitrogen and oxygen atoms in total. The van der Waals surface area contributed by atoms with Gasteiger partial charge in [0.2, 0.25) is 0 Å². The molecule has 1 spiro atoms. The van der Waals surface area contributed by atoms with Crippen molar-refractivity contribution in [2.45, 2.75) is 38.5 Å². The van der Waals surface area contributed by atoms with E-state index in [9.17, 15) is 0 Å². The standard InChI is InChI=1S/C13H18N6/c1-2-6-13(7-3-1)8-9-18(10-13)12-5-4-11-14-16-17-19(11)15-12/h4-5H,1-3,6-10H2. The Kier molecular flexibility index (Phi) is 2.43. The molecule has 0 N–H and O–H groups in total. The van der Waals surface area contributed by atoms with E-state index in [1.807, 2.05) is 12.1 Å². The maximum absolute atomic E-state index is 4.50. The highest BCUT2D eigenvalue weighted by molar-refractivity contribution is 5.45. The summed E-state index contributed by atoms with van der Waals surface area (Å²) in [5.41, 5.74) is 1.26. The second kappa shape index (κ2) is 4.15. The fourth-order valence-electron chi connectivity index (χ4n) is 3.65. The molecule has 2 aromatic heterocycles. The molecule has 4 rings (SSSR count). The lowest BCUT2D eigenvalue weighted by molar-refractivity contribution is 0.219. The van der Waals surface area contributed by atoms with E-state index in [0.29, 0.717) is 11.1 Å². The first kappa shape index (κ1) is 11.1. The smallest absolute Gasteiger partial charge is 0.200 e. The van der Waals surface area contributed by atoms with Crippen molar-refractivity contribution in [2.24, 2.45) is 5.41 Å². The fourth-order valence-corrected chi connectivity index (χ4v) is 3.65. The molecule has 6 heteroatoms. The number of aromatic nitrogens is 5. The van der Waals surface area contributed by atoms with Gasteiger partial charge in [-0.25, -0.2) is 0 Å². The van der Waals surface area contributed by atoms with Crippen LogP contribution in [0.15, 0.2) is 12.1 Å². The number of nitrogens with zero attached hydrogens (tertiary/aromatic N) is 6. The van der Waals surface area contributed by atoms with Crippen LogP contribution in [-0.4, -0.2) is 38.3 Å². The maximum Gasteiger partial charge on any atom is 0.200 e. The second-order valence-electron chi connectivity index (χ2n) is 5.95. The van der Waals surface area contributed by atoms with Crippen LogP contribution in [0.4, 0.5) is 5.82 Å². The summed E-state index contributed by atoms with van der Waals surface area (Å²) < 4.78 is 1.52. The summed E-state index contributed by atoms with van der Waals surface area (Å²) in [5.74, 6) is 1.00. The molecule has 1 aliphatic carbocycles. The second-order valence-corrected chi connectivity index (χ2v) is 5.95. The van der Waals surface area contributed by atoms with E-state index in [2.05, 4.69) is 25.5 Å². The molecule has 0 radical (unpaired) electrons. The fraction of sp³-hybridized carbons (Fsp3) is 0.692. The number of hydrogen-bond donors (Lipinski definition) is 0. The summed E-state index contributed by atoms with van der Waals surface area (Å²) in [6, 6.07) is 3.97. The lowest BCUT2D eigenvalue weighted by atomic mass is 9.73. The van der Waals surface area contributed by atoms with Gasteiger partial charge in [0, 0.05) is 13.1 Å². The van der Waals surface area contributed by atoms with Crippen molar-refractivity contribution in [3.8, 4) is 0 Å². The third-order valence-electron chi connectivity index (χ3n) is 4.73. The van der Waals surface area contributed by atoms with Gasteiger partial charge in [0.1, 0.15) is 0 Å². The summed E-state index contributed by atoms with van der Waals surface area (Å²) in [6.45, 7) is 2.26. The van der Waals surface area contributed by atoms with E-state index in [0.717, 1.165) is 18.9 Å². The van der Waals surface area contributed by atoms with Crippen LogP contribution in [0.3, 0.4) is 0 Å². The largest absolute Gasteiger partial charge is 0.355 e. The Balaban J connectivity index is 1.59. The van der Waals surface area contributed by atoms with Crippen LogP contribution in [0.1, 0.15) is 38.5 Å². The molecule has 1 saturated carbocycles. The lowest BCUT2D eigenvalue weighted by Gasteiger charge is -2.33. The highest BCUT2D eigenvalue weighted by Gasteiger charge is 2.39. The minimum atomic E-state index is 0.551. The topological polar surface area (TPSA) is 59.2 Å². The third kappa shape index (κ3) is 1.86. The number of fused-ring (bicyclic) bond motifs is 1. The molecule has 100 valence electrons. The molecule has 0 amide bonds. The normalized spacial score (nSPS) is 22.4. The van der Waals surface area contributed by atoms with Gasteiger partial charge >= 0.3 is 0 Å². The van der Waals surface area contributed by atoms with Crippen LogP contribution in [-0.2, 0) is 0 Å². The van der Waals surface area contributed by atoms with Crippen molar-refractivity contribution in [1.29, 1.82) is 0 Å². The van der Waals surface area contributed by atoms with Gasteiger partial charge in [-0.2, -0.15) is 0 Å². The van der Waals surface area contributed by atoms with E-state index in [4.69, 9.17) is 0 Å². The van der Waals surface area contributed by atoms with Gasteiger partial charge in [0.25, 0.3) is 0 Å². The Morgan fingerprint density at radius 2 is 1.95 bits per heavy atom. The van der Waals surface area contributed by atoms with Crippen LogP contribution in [0.2, 0.25) is 0 Å². The Morgan fingerprint density at radius 1 is 1.05 bits per heavy atom. The molecule has 1 aliphatic heterocycles. The highest BCUT2D eigenvalue weighted by Crippen LogP contribution is 2.44. The van der Waals surface area contributed by atoms with Gasteiger partial charge in [-0.3, -0.25) is 0 Å². The average Bonchev–Trinajstić information content (AvgIpc) is 3.06. The van der Waals surface area contributed by atoms with Crippen molar-refractivity contribution in [3.63, 3.8) is 0 Å². The molecule has 1 saturated heterocycles. The molecule has 2 fully saturated rings. The predicted molar refractivity (Wildman–Crippen MR) is 70.9 cm³/mol. The van der Waals surface area contributed by atoms with E-state index in [-0.39, 0.29) is 0 Å². The van der Waals surface area contributed by atoms with Crippen LogP contribution >= 0.6 is 0 Å². The van der Waals surface area contributed by atoms with Crippen LogP contribution in [0.5, 0.6) is 0 Å². The minimum Gasteiger partial charge on any atom is -0.355 e. The number of rotatable bonds is 1. The Morgan fingerprint density at radius 3 is 2.84 bits per heavy atom. The predicted octanol–water partition coefficient (Wildman–Crippen LogP) is 1.68. The zero-order valence-corrected chi connectivity index (χ0v) is 11.0. The van der Waals surface area contributed by atoms with Crippen LogP contribution in [0.25, 0.3) is 5.65 Å². The van der Waals surface area contributed by atoms with Crippen molar-refractivity contribution >= 4 is 11.5 Å². The first-order chi connectivity index (χ1) is 9.35. The molecule has 0 atom stereocenters. The molecular weight excluding hydrogens is 240 g/mol. The summed E-state index contributed by atoms with van der Waals surface area (Å²) in [7, 11) is 0. The Labute approximate surface area is 111 Å². The van der Waals surface area contributed by atoms with Gasteiger partial charge in [-0.15, -0.1) is 14.8 Å². The van der Waals surface area contributed by atoms with E-state index < -0.39 is 0 Å². The molecule has 3 heterocycles. The highest BCUT2D eigenvalue weighted by atomic mass is 15.6. The van der Waals surface area contributed by atoms with E-state index in [1.54, 1.807) is 0 Å². The van der Waals surface area contributed by atoms with Gasteiger partial charge in [0.15, 0.2) is 11.5 Å². The molecule has 2 aliphatic rings. The Hall–Kier alpha value is -1.72. The van der Waals surface area contributed by atoms with Gasteiger partial charge in [-0.1, -0.05) is 19.3 Å². The first-order valence-electron chi connectivity index (χ1n) is 7.15. The third-order valence-corrected chi connectivity index (χ3v) is 4.73. The Bertz CT molecular complexity index is 586. The summed E-state index contributed by atoms with van der Waals surface area (Å²) >= 11 is 0. The lowest BCUT2D eigenvalue weighted by Crippen LogP contribution is -2.29. The number of hydrogen-bond acceptors (Lipinski definition) is 5. The maximum atomic E-state index is 4.50. The van der Waals surface area contributed by atoms with Crippen molar-refractivity contribution in [2.75, 3.05) is 18.0 Å². The van der Waals surface area contributed by atoms with Crippen molar-refractivity contribution in [3.05, 3.63) is 12.1 Å². The minimum absolute atomic E-state index is 0.551. The van der Waals surface area contributed by atoms with Crippen molar-refractivity contribution in [1.82, 2.24) is 25.3 Å². The molecule has 0 unspecified atom stereocenters. The number of tetrazole rings is 1. The van der Waals surface area contributed by atoms with E-state index >= 15 is 0 Å². The summed E-state index contributed by atoms with van der Waals surface area (Å²) in [5, 5.41) is 15.9. The zero-order valence-electron chi connectivity index (χ0n) is 11.0. The van der Waals surface area contributed by atoms with Gasteiger partial charge in [-0.05, 0) is 47.2 Å². The van der Waals surface area contributed by atoms with Crippen molar-refractivity contribution < 1.29 is 0 Å². The molecule has 0 bridgehead atoms. The molecular formula is C13H18N6. The molecule has 2 aromatic rings. The first-order valence-corrected chi connectivity index (χ1v) is 7.15. The molecule has 0 aromatic carbocycles.